The average Bonchev–Trinajstić information content (AvgIpc) is 2.03. The van der Waals surface area contributed by atoms with Gasteiger partial charge in [-0.25, -0.2) is 0 Å². The summed E-state index contributed by atoms with van der Waals surface area (Å²) in [6, 6.07) is 0. The number of halogens is 2. The van der Waals surface area contributed by atoms with E-state index in [1.165, 1.54) is 0 Å². The van der Waals surface area contributed by atoms with Crippen molar-refractivity contribution < 1.29 is 13.5 Å². The summed E-state index contributed by atoms with van der Waals surface area (Å²) in [7, 11) is 0. The molecular formula is C6H12F2N2O. The van der Waals surface area contributed by atoms with Crippen LogP contribution in [0.4, 0.5) is 8.78 Å². The molecule has 0 bridgehead atoms. The van der Waals surface area contributed by atoms with E-state index in [-0.39, 0.29) is 6.73 Å². The number of nitrogens with one attached hydrogen (secondary N) is 1. The highest BCUT2D eigenvalue weighted by atomic mass is 19.3. The summed E-state index contributed by atoms with van der Waals surface area (Å²) in [6.07, 6.45) is 0. The highest BCUT2D eigenvalue weighted by molar-refractivity contribution is 4.64. The van der Waals surface area contributed by atoms with Crippen LogP contribution >= 0.6 is 0 Å². The number of ether oxygens (including phenoxy) is 1. The molecule has 1 saturated heterocycles. The fraction of sp³-hybridized carbons (Fsp3) is 1.00. The van der Waals surface area contributed by atoms with Gasteiger partial charge in [0.05, 0.1) is 0 Å². The Morgan fingerprint density at radius 2 is 2.00 bits per heavy atom. The maximum Gasteiger partial charge on any atom is 0.346 e. The van der Waals surface area contributed by atoms with E-state index < -0.39 is 6.61 Å². The zero-order valence-electron chi connectivity index (χ0n) is 6.22. The molecule has 0 atom stereocenters. The Labute approximate surface area is 64.3 Å². The summed E-state index contributed by atoms with van der Waals surface area (Å²) in [6.45, 7) is 0.669. The fourth-order valence-corrected chi connectivity index (χ4v) is 1.00. The highest BCUT2D eigenvalue weighted by Gasteiger charge is 2.11. The number of piperazine rings is 1. The molecule has 0 radical (unpaired) electrons. The summed E-state index contributed by atoms with van der Waals surface area (Å²) in [5, 5.41) is 3.12. The Morgan fingerprint density at radius 3 is 2.55 bits per heavy atom. The lowest BCUT2D eigenvalue weighted by atomic mass is 10.4. The third kappa shape index (κ3) is 3.60. The van der Waals surface area contributed by atoms with Crippen LogP contribution in [0.15, 0.2) is 0 Å². The van der Waals surface area contributed by atoms with E-state index in [1.807, 2.05) is 4.90 Å². The van der Waals surface area contributed by atoms with Crippen LogP contribution in [0.3, 0.4) is 0 Å². The molecule has 0 aromatic rings. The van der Waals surface area contributed by atoms with Crippen LogP contribution in [0.25, 0.3) is 0 Å². The van der Waals surface area contributed by atoms with E-state index >= 15 is 0 Å². The van der Waals surface area contributed by atoms with Gasteiger partial charge >= 0.3 is 6.61 Å². The maximum atomic E-state index is 11.5. The molecule has 0 unspecified atom stereocenters. The second kappa shape index (κ2) is 4.58. The van der Waals surface area contributed by atoms with Crippen molar-refractivity contribution in [1.29, 1.82) is 0 Å². The third-order valence-corrected chi connectivity index (χ3v) is 1.59. The molecule has 0 aromatic heterocycles. The number of alkyl halides is 2. The molecule has 11 heavy (non-hydrogen) atoms. The average molecular weight is 166 g/mol. The van der Waals surface area contributed by atoms with Gasteiger partial charge in [0.25, 0.3) is 0 Å². The normalized spacial score (nSPS) is 21.0. The summed E-state index contributed by atoms with van der Waals surface area (Å²) in [5.74, 6) is 0. The highest BCUT2D eigenvalue weighted by Crippen LogP contribution is 1.98. The van der Waals surface area contributed by atoms with Gasteiger partial charge in [0, 0.05) is 26.2 Å². The van der Waals surface area contributed by atoms with Crippen LogP contribution in [-0.2, 0) is 4.74 Å². The zero-order chi connectivity index (χ0) is 8.10. The van der Waals surface area contributed by atoms with E-state index in [2.05, 4.69) is 10.1 Å². The van der Waals surface area contributed by atoms with Crippen molar-refractivity contribution in [2.75, 3.05) is 32.9 Å². The van der Waals surface area contributed by atoms with E-state index in [1.54, 1.807) is 0 Å². The van der Waals surface area contributed by atoms with Crippen LogP contribution < -0.4 is 5.32 Å². The molecule has 0 aromatic carbocycles. The Morgan fingerprint density at radius 1 is 1.36 bits per heavy atom. The largest absolute Gasteiger partial charge is 0.346 e. The Balaban J connectivity index is 2.05. The molecular weight excluding hydrogens is 154 g/mol. The van der Waals surface area contributed by atoms with Gasteiger partial charge in [0.2, 0.25) is 0 Å². The van der Waals surface area contributed by atoms with E-state index in [9.17, 15) is 8.78 Å². The number of hydrogen-bond donors (Lipinski definition) is 1. The summed E-state index contributed by atoms with van der Waals surface area (Å²) in [4.78, 5) is 1.85. The smallest absolute Gasteiger partial charge is 0.314 e. The van der Waals surface area contributed by atoms with Crippen LogP contribution in [0, 0.1) is 0 Å². The van der Waals surface area contributed by atoms with Gasteiger partial charge in [-0.05, 0) is 0 Å². The molecule has 3 nitrogen and oxygen atoms in total. The van der Waals surface area contributed by atoms with Crippen molar-refractivity contribution in [3.8, 4) is 0 Å². The summed E-state index contributed by atoms with van der Waals surface area (Å²) >= 11 is 0. The quantitative estimate of drug-likeness (QED) is 0.643. The lowest BCUT2D eigenvalue weighted by molar-refractivity contribution is -0.159. The standard InChI is InChI=1S/C6H12F2N2O/c7-6(8)11-5-10-3-1-9-2-4-10/h6,9H,1-5H2. The minimum atomic E-state index is -2.65. The lowest BCUT2D eigenvalue weighted by Gasteiger charge is -2.26. The molecule has 1 fully saturated rings. The minimum Gasteiger partial charge on any atom is -0.314 e. The SMILES string of the molecule is FC(F)OCN1CCNCC1. The first kappa shape index (κ1) is 8.83. The van der Waals surface area contributed by atoms with Crippen molar-refractivity contribution in [3.63, 3.8) is 0 Å². The zero-order valence-corrected chi connectivity index (χ0v) is 6.22. The van der Waals surface area contributed by atoms with Crippen molar-refractivity contribution in [2.24, 2.45) is 0 Å². The van der Waals surface area contributed by atoms with Crippen molar-refractivity contribution >= 4 is 0 Å². The van der Waals surface area contributed by atoms with Crippen LogP contribution in [-0.4, -0.2) is 44.4 Å². The third-order valence-electron chi connectivity index (χ3n) is 1.59. The summed E-state index contributed by atoms with van der Waals surface area (Å²) in [5.41, 5.74) is 0. The van der Waals surface area contributed by atoms with Gasteiger partial charge in [-0.1, -0.05) is 0 Å². The van der Waals surface area contributed by atoms with Gasteiger partial charge in [-0.3, -0.25) is 4.90 Å². The van der Waals surface area contributed by atoms with Crippen LogP contribution in [0.2, 0.25) is 0 Å². The lowest BCUT2D eigenvalue weighted by Crippen LogP contribution is -2.44. The number of rotatable bonds is 3. The molecule has 1 N–H and O–H groups in total. The minimum absolute atomic E-state index is 0.0410. The van der Waals surface area contributed by atoms with Crippen molar-refractivity contribution in [1.82, 2.24) is 10.2 Å². The number of hydrogen-bond acceptors (Lipinski definition) is 3. The molecule has 1 heterocycles. The molecule has 1 rings (SSSR count). The van der Waals surface area contributed by atoms with E-state index in [0.717, 1.165) is 26.2 Å². The van der Waals surface area contributed by atoms with Gasteiger partial charge < -0.3 is 10.1 Å². The van der Waals surface area contributed by atoms with Crippen LogP contribution in [0.1, 0.15) is 0 Å². The first-order chi connectivity index (χ1) is 5.29. The second-order valence-corrected chi connectivity index (χ2v) is 2.42. The van der Waals surface area contributed by atoms with Crippen molar-refractivity contribution in [3.05, 3.63) is 0 Å². The van der Waals surface area contributed by atoms with Gasteiger partial charge in [0.1, 0.15) is 6.73 Å². The molecule has 1 aliphatic heterocycles. The van der Waals surface area contributed by atoms with Gasteiger partial charge in [-0.2, -0.15) is 8.78 Å². The second-order valence-electron chi connectivity index (χ2n) is 2.42. The molecule has 1 aliphatic rings. The fourth-order valence-electron chi connectivity index (χ4n) is 1.00. The predicted octanol–water partition coefficient (Wildman–Crippen LogP) is 0.0883. The first-order valence-electron chi connectivity index (χ1n) is 3.62. The molecule has 0 aliphatic carbocycles. The van der Waals surface area contributed by atoms with Gasteiger partial charge in [-0.15, -0.1) is 0 Å². The summed E-state index contributed by atoms with van der Waals surface area (Å²) < 4.78 is 27.2. The van der Waals surface area contributed by atoms with Crippen LogP contribution in [0.5, 0.6) is 0 Å². The monoisotopic (exact) mass is 166 g/mol. The molecule has 0 saturated carbocycles. The van der Waals surface area contributed by atoms with Crippen molar-refractivity contribution in [2.45, 2.75) is 6.61 Å². The first-order valence-corrected chi connectivity index (χ1v) is 3.62. The Kier molecular flexibility index (Phi) is 3.68. The molecule has 5 heteroatoms. The Bertz CT molecular complexity index is 107. The molecule has 0 spiro atoms. The number of nitrogens with zero attached hydrogens (tertiary/aromatic N) is 1. The molecule has 0 amide bonds. The van der Waals surface area contributed by atoms with Gasteiger partial charge in [0.15, 0.2) is 0 Å². The Hall–Kier alpha value is -0.260. The van der Waals surface area contributed by atoms with E-state index in [0.29, 0.717) is 0 Å². The topological polar surface area (TPSA) is 24.5 Å². The molecule has 66 valence electrons. The van der Waals surface area contributed by atoms with E-state index in [4.69, 9.17) is 0 Å². The maximum absolute atomic E-state index is 11.5. The predicted molar refractivity (Wildman–Crippen MR) is 36.4 cm³/mol.